The Morgan fingerprint density at radius 1 is 1.25 bits per heavy atom. The van der Waals surface area contributed by atoms with E-state index in [1.807, 2.05) is 0 Å². The van der Waals surface area contributed by atoms with Gasteiger partial charge in [-0.2, -0.15) is 0 Å². The van der Waals surface area contributed by atoms with Crippen molar-refractivity contribution in [3.63, 3.8) is 0 Å². The zero-order chi connectivity index (χ0) is 14.1. The second-order valence-corrected chi connectivity index (χ2v) is 6.52. The lowest BCUT2D eigenvalue weighted by molar-refractivity contribution is 0.157. The van der Waals surface area contributed by atoms with Crippen LogP contribution in [-0.4, -0.2) is 31.1 Å². The van der Waals surface area contributed by atoms with E-state index in [4.69, 9.17) is 23.2 Å². The summed E-state index contributed by atoms with van der Waals surface area (Å²) in [5.74, 6) is 0.480. The van der Waals surface area contributed by atoms with E-state index < -0.39 is 0 Å². The molecule has 5 heteroatoms. The molecule has 1 aliphatic carbocycles. The van der Waals surface area contributed by atoms with Gasteiger partial charge in [-0.3, -0.25) is 4.90 Å². The highest BCUT2D eigenvalue weighted by Crippen LogP contribution is 2.43. The summed E-state index contributed by atoms with van der Waals surface area (Å²) >= 11 is 12.4. The van der Waals surface area contributed by atoms with Gasteiger partial charge in [-0.25, -0.2) is 4.39 Å². The molecule has 20 heavy (non-hydrogen) atoms. The largest absolute Gasteiger partial charge is 0.314 e. The van der Waals surface area contributed by atoms with Crippen molar-refractivity contribution < 1.29 is 4.39 Å². The van der Waals surface area contributed by atoms with Crippen LogP contribution in [0.3, 0.4) is 0 Å². The van der Waals surface area contributed by atoms with E-state index in [9.17, 15) is 4.39 Å². The molecule has 1 saturated heterocycles. The minimum Gasteiger partial charge on any atom is -0.314 e. The van der Waals surface area contributed by atoms with Crippen LogP contribution in [0.15, 0.2) is 12.1 Å². The first kappa shape index (κ1) is 14.6. The molecule has 1 aliphatic heterocycles. The highest BCUT2D eigenvalue weighted by molar-refractivity contribution is 6.42. The molecule has 0 aromatic heterocycles. The summed E-state index contributed by atoms with van der Waals surface area (Å²) in [4.78, 5) is 2.34. The average Bonchev–Trinajstić information content (AvgIpc) is 3.27. The molecule has 1 atom stereocenters. The maximum Gasteiger partial charge on any atom is 0.129 e. The fourth-order valence-electron chi connectivity index (χ4n) is 2.96. The number of nitrogens with zero attached hydrogens (tertiary/aromatic N) is 1. The summed E-state index contributed by atoms with van der Waals surface area (Å²) in [6, 6.07) is 3.02. The van der Waals surface area contributed by atoms with Gasteiger partial charge in [0.2, 0.25) is 0 Å². The summed E-state index contributed by atoms with van der Waals surface area (Å²) in [5, 5.41) is 4.16. The first-order valence-electron chi connectivity index (χ1n) is 7.25. The van der Waals surface area contributed by atoms with Gasteiger partial charge in [-0.05, 0) is 24.5 Å². The number of nitrogens with one attached hydrogen (secondary N) is 1. The molecule has 1 N–H and O–H groups in total. The van der Waals surface area contributed by atoms with Gasteiger partial charge in [0.15, 0.2) is 0 Å². The number of benzene rings is 1. The first-order chi connectivity index (χ1) is 9.66. The molecule has 1 saturated carbocycles. The molecule has 1 heterocycles. The molecule has 2 nitrogen and oxygen atoms in total. The summed E-state index contributed by atoms with van der Waals surface area (Å²) in [5.41, 5.74) is 0.591. The molecule has 0 radical (unpaired) electrons. The van der Waals surface area contributed by atoms with Gasteiger partial charge in [0.1, 0.15) is 5.82 Å². The van der Waals surface area contributed by atoms with E-state index in [1.54, 1.807) is 0 Å². The normalized spacial score (nSPS) is 21.9. The highest BCUT2D eigenvalue weighted by Gasteiger charge is 2.33. The molecule has 0 spiro atoms. The van der Waals surface area contributed by atoms with Crippen LogP contribution in [0.4, 0.5) is 4.39 Å². The van der Waals surface area contributed by atoms with Crippen LogP contribution >= 0.6 is 23.2 Å². The lowest BCUT2D eigenvalue weighted by Gasteiger charge is -2.36. The topological polar surface area (TPSA) is 15.3 Å². The van der Waals surface area contributed by atoms with E-state index in [1.165, 1.54) is 25.0 Å². The predicted octanol–water partition coefficient (Wildman–Crippen LogP) is 3.88. The van der Waals surface area contributed by atoms with E-state index in [-0.39, 0.29) is 11.9 Å². The third-order valence-corrected chi connectivity index (χ3v) is 5.08. The summed E-state index contributed by atoms with van der Waals surface area (Å²) < 4.78 is 14.3. The van der Waals surface area contributed by atoms with Crippen LogP contribution < -0.4 is 5.32 Å². The minimum atomic E-state index is -0.233. The fraction of sp³-hybridized carbons (Fsp3) is 0.600. The molecule has 0 unspecified atom stereocenters. The van der Waals surface area contributed by atoms with Gasteiger partial charge in [0.25, 0.3) is 0 Å². The average molecular weight is 317 g/mol. The zero-order valence-corrected chi connectivity index (χ0v) is 12.9. The van der Waals surface area contributed by atoms with E-state index in [0.717, 1.165) is 32.6 Å². The van der Waals surface area contributed by atoms with Gasteiger partial charge in [0, 0.05) is 37.8 Å². The monoisotopic (exact) mass is 316 g/mol. The highest BCUT2D eigenvalue weighted by atomic mass is 35.5. The molecular weight excluding hydrogens is 298 g/mol. The number of hydrogen-bond donors (Lipinski definition) is 1. The Kier molecular flexibility index (Phi) is 4.51. The van der Waals surface area contributed by atoms with Gasteiger partial charge in [-0.1, -0.05) is 36.0 Å². The van der Waals surface area contributed by atoms with Gasteiger partial charge in [-0.15, -0.1) is 0 Å². The molecule has 3 rings (SSSR count). The lowest BCUT2D eigenvalue weighted by Crippen LogP contribution is -2.45. The number of hydrogen-bond acceptors (Lipinski definition) is 2. The molecule has 2 aliphatic rings. The van der Waals surface area contributed by atoms with Crippen LogP contribution in [0.5, 0.6) is 0 Å². The standard InChI is InChI=1S/C15H19Cl2FN2/c16-11-3-4-12(18)14(15(11)17)13(9-10-1-2-10)20-7-5-19-6-8-20/h3-4,10,13,19H,1-2,5-9H2/t13-/m1/s1. The van der Waals surface area contributed by atoms with Crippen LogP contribution in [0.25, 0.3) is 0 Å². The summed E-state index contributed by atoms with van der Waals surface area (Å²) in [6.07, 6.45) is 3.49. The maximum absolute atomic E-state index is 14.3. The second kappa shape index (κ2) is 6.18. The number of halogens is 3. The molecule has 110 valence electrons. The SMILES string of the molecule is Fc1ccc(Cl)c(Cl)c1[C@@H](CC1CC1)N1CCNCC1. The number of rotatable bonds is 4. The molecule has 0 bridgehead atoms. The Balaban J connectivity index is 1.93. The molecule has 2 fully saturated rings. The van der Waals surface area contributed by atoms with Gasteiger partial charge < -0.3 is 5.32 Å². The zero-order valence-electron chi connectivity index (χ0n) is 11.3. The van der Waals surface area contributed by atoms with E-state index in [0.29, 0.717) is 21.5 Å². The van der Waals surface area contributed by atoms with Crippen LogP contribution in [0.2, 0.25) is 10.0 Å². The Hall–Kier alpha value is -0.350. The molecule has 0 amide bonds. The van der Waals surface area contributed by atoms with Crippen molar-refractivity contribution >= 4 is 23.2 Å². The fourth-order valence-corrected chi connectivity index (χ4v) is 3.40. The Morgan fingerprint density at radius 2 is 1.95 bits per heavy atom. The van der Waals surface area contributed by atoms with Crippen molar-refractivity contribution in [2.24, 2.45) is 5.92 Å². The third kappa shape index (κ3) is 3.11. The summed E-state index contributed by atoms with van der Waals surface area (Å²) in [6.45, 7) is 3.75. The smallest absolute Gasteiger partial charge is 0.129 e. The van der Waals surface area contributed by atoms with Crippen LogP contribution in [0.1, 0.15) is 30.9 Å². The van der Waals surface area contributed by atoms with Crippen molar-refractivity contribution in [1.29, 1.82) is 0 Å². The molecular formula is C15H19Cl2FN2. The van der Waals surface area contributed by atoms with Crippen LogP contribution in [0, 0.1) is 11.7 Å². The van der Waals surface area contributed by atoms with Crippen molar-refractivity contribution in [1.82, 2.24) is 10.2 Å². The quantitative estimate of drug-likeness (QED) is 0.848. The lowest BCUT2D eigenvalue weighted by atomic mass is 9.98. The minimum absolute atomic E-state index is 0.0517. The van der Waals surface area contributed by atoms with Crippen molar-refractivity contribution in [3.05, 3.63) is 33.6 Å². The van der Waals surface area contributed by atoms with E-state index >= 15 is 0 Å². The predicted molar refractivity (Wildman–Crippen MR) is 80.9 cm³/mol. The second-order valence-electron chi connectivity index (χ2n) is 5.74. The van der Waals surface area contributed by atoms with Crippen molar-refractivity contribution in [3.8, 4) is 0 Å². The van der Waals surface area contributed by atoms with Crippen molar-refractivity contribution in [2.45, 2.75) is 25.3 Å². The molecule has 1 aromatic rings. The van der Waals surface area contributed by atoms with E-state index in [2.05, 4.69) is 10.2 Å². The van der Waals surface area contributed by atoms with Crippen LogP contribution in [-0.2, 0) is 0 Å². The maximum atomic E-state index is 14.3. The third-order valence-electron chi connectivity index (χ3n) is 4.26. The van der Waals surface area contributed by atoms with Gasteiger partial charge in [0.05, 0.1) is 10.0 Å². The Bertz CT molecular complexity index is 485. The first-order valence-corrected chi connectivity index (χ1v) is 8.00. The summed E-state index contributed by atoms with van der Waals surface area (Å²) in [7, 11) is 0. The Labute approximate surface area is 129 Å². The van der Waals surface area contributed by atoms with Gasteiger partial charge >= 0.3 is 0 Å². The number of piperazine rings is 1. The van der Waals surface area contributed by atoms with Crippen molar-refractivity contribution in [2.75, 3.05) is 26.2 Å². The Morgan fingerprint density at radius 3 is 2.60 bits per heavy atom. The molecule has 1 aromatic carbocycles.